The number of ether oxygens (including phenoxy) is 1. The van der Waals surface area contributed by atoms with Crippen molar-refractivity contribution in [2.45, 2.75) is 57.8 Å². The van der Waals surface area contributed by atoms with E-state index in [1.165, 1.54) is 70.9 Å². The molecule has 0 radical (unpaired) electrons. The fourth-order valence-electron chi connectivity index (χ4n) is 3.70. The monoisotopic (exact) mass is 267 g/mol. The smallest absolute Gasteiger partial charge is 0.310 e. The minimum absolute atomic E-state index is 0.0242. The molecule has 1 unspecified atom stereocenters. The molecule has 3 heteroatoms. The Hall–Kier alpha value is -0.570. The van der Waals surface area contributed by atoms with Crippen molar-refractivity contribution in [1.82, 2.24) is 4.90 Å². The van der Waals surface area contributed by atoms with Gasteiger partial charge in [-0.3, -0.25) is 4.79 Å². The summed E-state index contributed by atoms with van der Waals surface area (Å²) >= 11 is 0. The van der Waals surface area contributed by atoms with E-state index in [1.54, 1.807) is 7.11 Å². The third kappa shape index (κ3) is 4.48. The van der Waals surface area contributed by atoms with Gasteiger partial charge in [-0.15, -0.1) is 0 Å². The average Bonchev–Trinajstić information content (AvgIpc) is 2.73. The normalized spacial score (nSPS) is 24.7. The number of rotatable bonds is 4. The highest BCUT2D eigenvalue weighted by atomic mass is 16.5. The van der Waals surface area contributed by atoms with Gasteiger partial charge in [0.2, 0.25) is 0 Å². The Labute approximate surface area is 117 Å². The summed E-state index contributed by atoms with van der Waals surface area (Å²) < 4.78 is 5.07. The Morgan fingerprint density at radius 1 is 1.05 bits per heavy atom. The van der Waals surface area contributed by atoms with Crippen LogP contribution in [0.25, 0.3) is 0 Å². The van der Waals surface area contributed by atoms with Crippen LogP contribution in [0.3, 0.4) is 0 Å². The fourth-order valence-corrected chi connectivity index (χ4v) is 3.70. The second-order valence-electron chi connectivity index (χ2n) is 6.24. The van der Waals surface area contributed by atoms with E-state index in [1.807, 2.05) is 0 Å². The molecule has 0 aromatic carbocycles. The first-order valence-electron chi connectivity index (χ1n) is 8.11. The second-order valence-corrected chi connectivity index (χ2v) is 6.24. The summed E-state index contributed by atoms with van der Waals surface area (Å²) in [6.45, 7) is 3.26. The zero-order valence-electron chi connectivity index (χ0n) is 12.4. The van der Waals surface area contributed by atoms with E-state index in [2.05, 4.69) is 4.90 Å². The van der Waals surface area contributed by atoms with Gasteiger partial charge in [-0.05, 0) is 44.7 Å². The molecule has 2 aliphatic rings. The van der Waals surface area contributed by atoms with Crippen LogP contribution in [0.1, 0.15) is 57.8 Å². The van der Waals surface area contributed by atoms with Crippen molar-refractivity contribution in [1.29, 1.82) is 0 Å². The molecule has 2 rings (SSSR count). The molecule has 1 aliphatic heterocycles. The molecule has 0 amide bonds. The summed E-state index contributed by atoms with van der Waals surface area (Å²) in [6.07, 6.45) is 11.6. The number of carbonyl (C=O) groups is 1. The van der Waals surface area contributed by atoms with Crippen molar-refractivity contribution in [3.8, 4) is 0 Å². The predicted octanol–water partition coefficient (Wildman–Crippen LogP) is 3.23. The fraction of sp³-hybridized carbons (Fsp3) is 0.938. The molecular weight excluding hydrogens is 238 g/mol. The molecule has 2 fully saturated rings. The van der Waals surface area contributed by atoms with E-state index >= 15 is 0 Å². The van der Waals surface area contributed by atoms with Crippen LogP contribution < -0.4 is 0 Å². The van der Waals surface area contributed by atoms with Crippen LogP contribution in [0, 0.1) is 11.8 Å². The van der Waals surface area contributed by atoms with Crippen LogP contribution in [-0.2, 0) is 9.53 Å². The zero-order valence-corrected chi connectivity index (χ0v) is 12.4. The van der Waals surface area contributed by atoms with Gasteiger partial charge >= 0.3 is 5.97 Å². The van der Waals surface area contributed by atoms with Crippen molar-refractivity contribution < 1.29 is 9.53 Å². The SMILES string of the molecule is COC(=O)C(CN1CCCCCC1)C1CCCCC1. The molecule has 1 aliphatic carbocycles. The molecule has 110 valence electrons. The van der Waals surface area contributed by atoms with Crippen LogP contribution in [0.15, 0.2) is 0 Å². The van der Waals surface area contributed by atoms with Gasteiger partial charge in [-0.25, -0.2) is 0 Å². The first-order chi connectivity index (χ1) is 9.31. The highest BCUT2D eigenvalue weighted by Crippen LogP contribution is 2.31. The lowest BCUT2D eigenvalue weighted by Gasteiger charge is -2.32. The summed E-state index contributed by atoms with van der Waals surface area (Å²) in [4.78, 5) is 14.6. The van der Waals surface area contributed by atoms with Crippen molar-refractivity contribution in [3.05, 3.63) is 0 Å². The maximum atomic E-state index is 12.1. The molecule has 0 bridgehead atoms. The number of hydrogen-bond acceptors (Lipinski definition) is 3. The van der Waals surface area contributed by atoms with Crippen molar-refractivity contribution in [2.75, 3.05) is 26.7 Å². The van der Waals surface area contributed by atoms with E-state index in [0.717, 1.165) is 6.54 Å². The lowest BCUT2D eigenvalue weighted by Crippen LogP contribution is -2.39. The van der Waals surface area contributed by atoms with E-state index < -0.39 is 0 Å². The molecule has 0 aromatic heterocycles. The molecule has 3 nitrogen and oxygen atoms in total. The Bertz CT molecular complexity index is 266. The Kier molecular flexibility index (Phi) is 6.15. The van der Waals surface area contributed by atoms with Crippen molar-refractivity contribution in [2.24, 2.45) is 11.8 Å². The maximum Gasteiger partial charge on any atom is 0.310 e. The summed E-state index contributed by atoms with van der Waals surface area (Å²) in [5.41, 5.74) is 0. The molecule has 0 spiro atoms. The number of carbonyl (C=O) groups excluding carboxylic acids is 1. The van der Waals surface area contributed by atoms with Gasteiger partial charge in [0, 0.05) is 6.54 Å². The quantitative estimate of drug-likeness (QED) is 0.732. The Morgan fingerprint density at radius 3 is 2.21 bits per heavy atom. The first kappa shape index (κ1) is 14.8. The molecule has 1 saturated heterocycles. The largest absolute Gasteiger partial charge is 0.469 e. The van der Waals surface area contributed by atoms with Gasteiger partial charge in [0.25, 0.3) is 0 Å². The second kappa shape index (κ2) is 7.88. The van der Waals surface area contributed by atoms with E-state index in [9.17, 15) is 4.79 Å². The molecule has 0 aromatic rings. The summed E-state index contributed by atoms with van der Waals surface area (Å²) in [5.74, 6) is 0.698. The van der Waals surface area contributed by atoms with Crippen LogP contribution in [0.2, 0.25) is 0 Å². The third-order valence-electron chi connectivity index (χ3n) is 4.88. The Balaban J connectivity index is 1.93. The number of likely N-dealkylation sites (tertiary alicyclic amines) is 1. The van der Waals surface area contributed by atoms with E-state index in [-0.39, 0.29) is 11.9 Å². The lowest BCUT2D eigenvalue weighted by atomic mass is 9.79. The zero-order chi connectivity index (χ0) is 13.5. The van der Waals surface area contributed by atoms with Gasteiger partial charge in [0.15, 0.2) is 0 Å². The van der Waals surface area contributed by atoms with Gasteiger partial charge in [0.05, 0.1) is 13.0 Å². The third-order valence-corrected chi connectivity index (χ3v) is 4.88. The highest BCUT2D eigenvalue weighted by Gasteiger charge is 2.31. The van der Waals surface area contributed by atoms with Crippen molar-refractivity contribution >= 4 is 5.97 Å². The van der Waals surface area contributed by atoms with Crippen LogP contribution in [0.5, 0.6) is 0 Å². The van der Waals surface area contributed by atoms with Crippen LogP contribution >= 0.6 is 0 Å². The minimum atomic E-state index is 0.0242. The Morgan fingerprint density at radius 2 is 1.63 bits per heavy atom. The van der Waals surface area contributed by atoms with Crippen LogP contribution in [0.4, 0.5) is 0 Å². The minimum Gasteiger partial charge on any atom is -0.469 e. The van der Waals surface area contributed by atoms with Gasteiger partial charge < -0.3 is 9.64 Å². The maximum absolute atomic E-state index is 12.1. The van der Waals surface area contributed by atoms with Gasteiger partial charge in [-0.1, -0.05) is 32.1 Å². The molecule has 1 atom stereocenters. The average molecular weight is 267 g/mol. The van der Waals surface area contributed by atoms with Crippen molar-refractivity contribution in [3.63, 3.8) is 0 Å². The summed E-state index contributed by atoms with van der Waals surface area (Å²) in [5, 5.41) is 0. The topological polar surface area (TPSA) is 29.5 Å². The standard InChI is InChI=1S/C16H29NO2/c1-19-16(18)15(14-9-5-4-6-10-14)13-17-11-7-2-3-8-12-17/h14-15H,2-13H2,1H3. The number of nitrogens with zero attached hydrogens (tertiary/aromatic N) is 1. The first-order valence-corrected chi connectivity index (χ1v) is 8.11. The number of esters is 1. The van der Waals surface area contributed by atoms with Crippen LogP contribution in [-0.4, -0.2) is 37.6 Å². The van der Waals surface area contributed by atoms with E-state index in [4.69, 9.17) is 4.74 Å². The predicted molar refractivity (Wildman–Crippen MR) is 77.0 cm³/mol. The molecule has 19 heavy (non-hydrogen) atoms. The summed E-state index contributed by atoms with van der Waals surface area (Å²) in [6, 6.07) is 0. The van der Waals surface area contributed by atoms with Gasteiger partial charge in [0.1, 0.15) is 0 Å². The lowest BCUT2D eigenvalue weighted by molar-refractivity contribution is -0.148. The molecular formula is C16H29NO2. The molecule has 1 saturated carbocycles. The number of methoxy groups -OCH3 is 1. The van der Waals surface area contributed by atoms with Gasteiger partial charge in [-0.2, -0.15) is 0 Å². The molecule has 1 heterocycles. The number of hydrogen-bond donors (Lipinski definition) is 0. The highest BCUT2D eigenvalue weighted by molar-refractivity contribution is 5.72. The van der Waals surface area contributed by atoms with E-state index in [0.29, 0.717) is 5.92 Å². The summed E-state index contributed by atoms with van der Waals surface area (Å²) in [7, 11) is 1.54. The molecule has 0 N–H and O–H groups in total.